The topological polar surface area (TPSA) is 115 Å². The number of anilines is 2. The van der Waals surface area contributed by atoms with Crippen molar-refractivity contribution in [2.75, 3.05) is 11.1 Å². The lowest BCUT2D eigenvalue weighted by molar-refractivity contribution is -0.125. The Morgan fingerprint density at radius 2 is 1.97 bits per heavy atom. The zero-order chi connectivity index (χ0) is 22.3. The molecule has 8 nitrogen and oxygen atoms in total. The van der Waals surface area contributed by atoms with E-state index in [1.807, 2.05) is 0 Å². The van der Waals surface area contributed by atoms with E-state index in [4.69, 9.17) is 10.5 Å². The normalized spacial score (nSPS) is 12.2. The molecule has 0 saturated heterocycles. The molecule has 0 aliphatic heterocycles. The third kappa shape index (κ3) is 6.70. The highest BCUT2D eigenvalue weighted by molar-refractivity contribution is 5.58. The van der Waals surface area contributed by atoms with Gasteiger partial charge in [-0.05, 0) is 30.3 Å². The van der Waals surface area contributed by atoms with E-state index in [1.54, 1.807) is 30.3 Å². The Morgan fingerprint density at radius 1 is 1.19 bits per heavy atom. The molecule has 0 saturated carbocycles. The lowest BCUT2D eigenvalue weighted by Gasteiger charge is -2.06. The first kappa shape index (κ1) is 21.6. The maximum atomic E-state index is 12.5. The molecule has 0 spiro atoms. The molecule has 3 rings (SSSR count). The van der Waals surface area contributed by atoms with Gasteiger partial charge in [0.2, 0.25) is 17.8 Å². The fourth-order valence-electron chi connectivity index (χ4n) is 2.36. The van der Waals surface area contributed by atoms with Crippen LogP contribution in [0.4, 0.5) is 25.1 Å². The van der Waals surface area contributed by atoms with Crippen molar-refractivity contribution < 1.29 is 17.9 Å². The molecule has 160 valence electrons. The molecule has 0 fully saturated rings. The van der Waals surface area contributed by atoms with Gasteiger partial charge in [0.15, 0.2) is 5.82 Å². The van der Waals surface area contributed by atoms with E-state index >= 15 is 0 Å². The Kier molecular flexibility index (Phi) is 6.65. The average Bonchev–Trinajstić information content (AvgIpc) is 3.18. The van der Waals surface area contributed by atoms with Crippen LogP contribution < -0.4 is 15.8 Å². The van der Waals surface area contributed by atoms with Crippen molar-refractivity contribution >= 4 is 11.9 Å². The molecule has 0 aliphatic rings. The quantitative estimate of drug-likeness (QED) is 0.447. The molecule has 3 aromatic rings. The summed E-state index contributed by atoms with van der Waals surface area (Å²) in [7, 11) is 0. The van der Waals surface area contributed by atoms with E-state index in [9.17, 15) is 13.2 Å². The minimum Gasteiger partial charge on any atom is -0.439 e. The van der Waals surface area contributed by atoms with Crippen molar-refractivity contribution in [1.29, 1.82) is 0 Å². The zero-order valence-electron chi connectivity index (χ0n) is 16.1. The van der Waals surface area contributed by atoms with Crippen molar-refractivity contribution in [2.24, 2.45) is 0 Å². The second kappa shape index (κ2) is 9.57. The molecular weight excluding hydrogens is 411 g/mol. The molecule has 0 radical (unpaired) electrons. The summed E-state index contributed by atoms with van der Waals surface area (Å²) in [5, 5.41) is 10.7. The highest BCUT2D eigenvalue weighted by Gasteiger charge is 2.25. The number of nitrogen functional groups attached to an aromatic ring is 1. The molecule has 31 heavy (non-hydrogen) atoms. The van der Waals surface area contributed by atoms with Crippen LogP contribution in [0.3, 0.4) is 0 Å². The largest absolute Gasteiger partial charge is 0.439 e. The second-order valence-electron chi connectivity index (χ2n) is 6.10. The number of rotatable bonds is 8. The van der Waals surface area contributed by atoms with Crippen molar-refractivity contribution in [3.8, 4) is 23.0 Å². The van der Waals surface area contributed by atoms with Gasteiger partial charge in [-0.15, -0.1) is 10.2 Å². The predicted molar refractivity (Wildman–Crippen MR) is 110 cm³/mol. The van der Waals surface area contributed by atoms with E-state index < -0.39 is 12.6 Å². The Hall–Kier alpha value is -4.15. The van der Waals surface area contributed by atoms with Crippen LogP contribution in [0, 0.1) is 0 Å². The summed E-state index contributed by atoms with van der Waals surface area (Å²) >= 11 is 0. The first-order valence-corrected chi connectivity index (χ1v) is 8.95. The molecule has 0 unspecified atom stereocenters. The number of aromatic amines is 1. The SMILES string of the molecule is C=C/C=C\C(=C/CC(F)(F)F)Nc1nnc(-c2ccc(Oc3ccnc(N)n3)cc2)[nH]1. The number of aromatic nitrogens is 5. The Labute approximate surface area is 175 Å². The van der Waals surface area contributed by atoms with Gasteiger partial charge in [-0.1, -0.05) is 24.8 Å². The van der Waals surface area contributed by atoms with Crippen LogP contribution in [0.25, 0.3) is 11.4 Å². The van der Waals surface area contributed by atoms with E-state index in [1.165, 1.54) is 24.4 Å². The third-order valence-electron chi connectivity index (χ3n) is 3.71. The van der Waals surface area contributed by atoms with Gasteiger partial charge < -0.3 is 20.8 Å². The third-order valence-corrected chi connectivity index (χ3v) is 3.71. The molecule has 0 amide bonds. The van der Waals surface area contributed by atoms with Crippen molar-refractivity contribution in [1.82, 2.24) is 25.1 Å². The van der Waals surface area contributed by atoms with Crippen LogP contribution in [0.15, 0.2) is 73.1 Å². The predicted octanol–water partition coefficient (Wildman–Crippen LogP) is 4.63. The number of halogens is 3. The number of H-pyrrole nitrogens is 1. The number of nitrogens with one attached hydrogen (secondary N) is 2. The number of alkyl halides is 3. The van der Waals surface area contributed by atoms with Gasteiger partial charge in [0.05, 0.1) is 6.42 Å². The van der Waals surface area contributed by atoms with Crippen molar-refractivity contribution in [2.45, 2.75) is 12.6 Å². The van der Waals surface area contributed by atoms with E-state index in [0.29, 0.717) is 23.0 Å². The van der Waals surface area contributed by atoms with Crippen molar-refractivity contribution in [3.63, 3.8) is 0 Å². The van der Waals surface area contributed by atoms with Gasteiger partial charge in [-0.3, -0.25) is 0 Å². The number of ether oxygens (including phenoxy) is 1. The molecule has 0 atom stereocenters. The molecule has 1 aromatic carbocycles. The van der Waals surface area contributed by atoms with E-state index in [2.05, 4.69) is 37.0 Å². The first-order valence-electron chi connectivity index (χ1n) is 8.95. The van der Waals surface area contributed by atoms with Crippen LogP contribution in [0.2, 0.25) is 0 Å². The smallest absolute Gasteiger partial charge is 0.392 e. The van der Waals surface area contributed by atoms with Gasteiger partial charge in [-0.25, -0.2) is 4.98 Å². The summed E-state index contributed by atoms with van der Waals surface area (Å²) in [5.41, 5.74) is 6.41. The number of allylic oxidation sites excluding steroid dienone is 4. The lowest BCUT2D eigenvalue weighted by Crippen LogP contribution is -2.07. The Balaban J connectivity index is 1.70. The lowest BCUT2D eigenvalue weighted by atomic mass is 10.2. The molecule has 2 heterocycles. The van der Waals surface area contributed by atoms with Crippen LogP contribution >= 0.6 is 0 Å². The number of benzene rings is 1. The molecule has 4 N–H and O–H groups in total. The molecule has 2 aromatic heterocycles. The zero-order valence-corrected chi connectivity index (χ0v) is 16.1. The van der Waals surface area contributed by atoms with Gasteiger partial charge >= 0.3 is 6.18 Å². The van der Waals surface area contributed by atoms with Crippen molar-refractivity contribution in [3.05, 3.63) is 73.1 Å². The summed E-state index contributed by atoms with van der Waals surface area (Å²) < 4.78 is 43.1. The van der Waals surface area contributed by atoms with Gasteiger partial charge in [0.25, 0.3) is 0 Å². The number of hydrogen-bond acceptors (Lipinski definition) is 7. The molecule has 0 bridgehead atoms. The summed E-state index contributed by atoms with van der Waals surface area (Å²) in [6.07, 6.45) is 1.50. The van der Waals surface area contributed by atoms with Gasteiger partial charge in [0, 0.05) is 23.5 Å². The maximum absolute atomic E-state index is 12.5. The van der Waals surface area contributed by atoms with Gasteiger partial charge in [0.1, 0.15) is 5.75 Å². The Morgan fingerprint density at radius 3 is 2.65 bits per heavy atom. The molecular formula is C20H18F3N7O. The number of nitrogens with two attached hydrogens (primary N) is 1. The summed E-state index contributed by atoms with van der Waals surface area (Å²) in [6.45, 7) is 3.51. The summed E-state index contributed by atoms with van der Waals surface area (Å²) in [4.78, 5) is 10.7. The van der Waals surface area contributed by atoms with Gasteiger partial charge in [-0.2, -0.15) is 18.2 Å². The number of hydrogen-bond donors (Lipinski definition) is 3. The van der Waals surface area contributed by atoms with Crippen LogP contribution in [-0.2, 0) is 0 Å². The monoisotopic (exact) mass is 429 g/mol. The van der Waals surface area contributed by atoms with E-state index in [0.717, 1.165) is 6.08 Å². The van der Waals surface area contributed by atoms with Crippen LogP contribution in [0.5, 0.6) is 11.6 Å². The van der Waals surface area contributed by atoms with Crippen LogP contribution in [-0.4, -0.2) is 31.3 Å². The average molecular weight is 429 g/mol. The highest BCUT2D eigenvalue weighted by Crippen LogP contribution is 2.24. The first-order chi connectivity index (χ1) is 14.8. The minimum absolute atomic E-state index is 0.0994. The summed E-state index contributed by atoms with van der Waals surface area (Å²) in [5.74, 6) is 1.53. The fraction of sp³-hybridized carbons (Fsp3) is 0.100. The van der Waals surface area contributed by atoms with Crippen LogP contribution in [0.1, 0.15) is 6.42 Å². The second-order valence-corrected chi connectivity index (χ2v) is 6.10. The highest BCUT2D eigenvalue weighted by atomic mass is 19.4. The summed E-state index contributed by atoms with van der Waals surface area (Å²) in [6, 6.07) is 8.45. The molecule has 11 heteroatoms. The number of nitrogens with zero attached hydrogens (tertiary/aromatic N) is 4. The maximum Gasteiger partial charge on any atom is 0.392 e. The minimum atomic E-state index is -4.32. The standard InChI is InChI=1S/C20H18F3N7O/c1-2-3-4-14(9-11-20(21,22)23)26-19-28-17(29-30-19)13-5-7-15(8-6-13)31-16-10-12-25-18(24)27-16/h2-10,12H,1,11H2,(H2,24,25,27)(H2,26,28,29,30)/b4-3-,14-9+. The molecule has 0 aliphatic carbocycles. The fourth-order valence-corrected chi connectivity index (χ4v) is 2.36. The Bertz CT molecular complexity index is 1090. The van der Waals surface area contributed by atoms with E-state index in [-0.39, 0.29) is 17.6 Å².